The summed E-state index contributed by atoms with van der Waals surface area (Å²) in [6.45, 7) is 4.94. The van der Waals surface area contributed by atoms with E-state index in [4.69, 9.17) is 15.2 Å². The van der Waals surface area contributed by atoms with Crippen LogP contribution in [0.25, 0.3) is 10.9 Å². The number of hydrogen-bond acceptors (Lipinski definition) is 6. The second-order valence-electron chi connectivity index (χ2n) is 8.77. The van der Waals surface area contributed by atoms with Crippen LogP contribution in [0.2, 0.25) is 0 Å². The predicted octanol–water partition coefficient (Wildman–Crippen LogP) is 4.81. The molecule has 0 radical (unpaired) electrons. The number of ether oxygens (including phenoxy) is 2. The van der Waals surface area contributed by atoms with Crippen molar-refractivity contribution in [3.8, 4) is 11.5 Å². The fourth-order valence-corrected chi connectivity index (χ4v) is 4.60. The molecule has 7 heteroatoms. The smallest absolute Gasteiger partial charge is 0.252 e. The van der Waals surface area contributed by atoms with Crippen LogP contribution in [0.5, 0.6) is 11.5 Å². The molecule has 0 spiro atoms. The van der Waals surface area contributed by atoms with Crippen molar-refractivity contribution >= 4 is 28.2 Å². The molecule has 1 atom stereocenters. The standard InChI is InChI=1S/C27H34N4O3/c1-3-19-10-4-5-11-22(19)31-26-20-14-24(33-2)25(15-23(20)30-17-21(26)27(28)32)34-13-7-9-18-8-6-12-29-16-18/h4-5,10-11,14-15,17-18,29H,3,6-9,12-13,16H2,1-2H3,(H2,28,32)(H,30,31). The Hall–Kier alpha value is -3.32. The van der Waals surface area contributed by atoms with Gasteiger partial charge in [-0.2, -0.15) is 0 Å². The Balaban J connectivity index is 1.61. The second-order valence-corrected chi connectivity index (χ2v) is 8.77. The van der Waals surface area contributed by atoms with Gasteiger partial charge in [0.15, 0.2) is 11.5 Å². The lowest BCUT2D eigenvalue weighted by Gasteiger charge is -2.22. The summed E-state index contributed by atoms with van der Waals surface area (Å²) in [5.74, 6) is 1.44. The van der Waals surface area contributed by atoms with E-state index in [9.17, 15) is 4.79 Å². The zero-order chi connectivity index (χ0) is 23.9. The maximum Gasteiger partial charge on any atom is 0.252 e. The molecule has 2 heterocycles. The largest absolute Gasteiger partial charge is 0.493 e. The van der Waals surface area contributed by atoms with Crippen LogP contribution in [0.15, 0.2) is 42.6 Å². The third kappa shape index (κ3) is 5.42. The number of rotatable bonds is 10. The molecular formula is C27H34N4O3. The molecule has 0 aliphatic carbocycles. The van der Waals surface area contributed by atoms with Gasteiger partial charge in [-0.15, -0.1) is 0 Å². The zero-order valence-corrected chi connectivity index (χ0v) is 20.0. The number of aromatic nitrogens is 1. The van der Waals surface area contributed by atoms with E-state index < -0.39 is 5.91 Å². The van der Waals surface area contributed by atoms with Crippen LogP contribution in [0.4, 0.5) is 11.4 Å². The number of nitrogens with two attached hydrogens (primary N) is 1. The summed E-state index contributed by atoms with van der Waals surface area (Å²) in [7, 11) is 1.62. The lowest BCUT2D eigenvalue weighted by atomic mass is 9.95. The quantitative estimate of drug-likeness (QED) is 0.374. The Morgan fingerprint density at radius 2 is 2.12 bits per heavy atom. The molecule has 1 aliphatic heterocycles. The van der Waals surface area contributed by atoms with Crippen molar-refractivity contribution < 1.29 is 14.3 Å². The minimum atomic E-state index is -0.539. The first-order valence-electron chi connectivity index (χ1n) is 12.1. The van der Waals surface area contributed by atoms with Gasteiger partial charge in [-0.05, 0) is 68.8 Å². The van der Waals surface area contributed by atoms with Crippen LogP contribution in [-0.2, 0) is 6.42 Å². The van der Waals surface area contributed by atoms with Crippen LogP contribution in [0.3, 0.4) is 0 Å². The first-order chi connectivity index (χ1) is 16.6. The fraction of sp³-hybridized carbons (Fsp3) is 0.407. The highest BCUT2D eigenvalue weighted by molar-refractivity contribution is 6.08. The number of amides is 1. The maximum atomic E-state index is 12.2. The number of piperidine rings is 1. The summed E-state index contributed by atoms with van der Waals surface area (Å²) in [6, 6.07) is 11.8. The predicted molar refractivity (Wildman–Crippen MR) is 136 cm³/mol. The molecule has 4 rings (SSSR count). The number of pyridine rings is 1. The van der Waals surface area contributed by atoms with Gasteiger partial charge in [0, 0.05) is 23.3 Å². The van der Waals surface area contributed by atoms with E-state index in [-0.39, 0.29) is 0 Å². The van der Waals surface area contributed by atoms with Crippen molar-refractivity contribution in [1.29, 1.82) is 0 Å². The molecule has 34 heavy (non-hydrogen) atoms. The fourth-order valence-electron chi connectivity index (χ4n) is 4.60. The number of anilines is 2. The summed E-state index contributed by atoms with van der Waals surface area (Å²) in [5.41, 5.74) is 9.41. The van der Waals surface area contributed by atoms with Crippen LogP contribution < -0.4 is 25.8 Å². The van der Waals surface area contributed by atoms with Gasteiger partial charge >= 0.3 is 0 Å². The number of fused-ring (bicyclic) bond motifs is 1. The molecule has 1 amide bonds. The number of benzene rings is 2. The highest BCUT2D eigenvalue weighted by atomic mass is 16.5. The lowest BCUT2D eigenvalue weighted by Crippen LogP contribution is -2.29. The number of carbonyl (C=O) groups excluding carboxylic acids is 1. The molecule has 0 saturated carbocycles. The summed E-state index contributed by atoms with van der Waals surface area (Å²) >= 11 is 0. The molecule has 0 bridgehead atoms. The van der Waals surface area contributed by atoms with Crippen molar-refractivity contribution in [3.05, 3.63) is 53.7 Å². The van der Waals surface area contributed by atoms with Gasteiger partial charge in [0.1, 0.15) is 0 Å². The molecule has 4 N–H and O–H groups in total. The van der Waals surface area contributed by atoms with Crippen molar-refractivity contribution in [1.82, 2.24) is 10.3 Å². The molecule has 180 valence electrons. The number of nitrogens with one attached hydrogen (secondary N) is 2. The van der Waals surface area contributed by atoms with Crippen LogP contribution in [-0.4, -0.2) is 37.7 Å². The molecule has 1 aliphatic rings. The Morgan fingerprint density at radius 1 is 1.26 bits per heavy atom. The average molecular weight is 463 g/mol. The van der Waals surface area contributed by atoms with Crippen LogP contribution in [0, 0.1) is 5.92 Å². The minimum absolute atomic E-state index is 0.329. The van der Waals surface area contributed by atoms with Crippen LogP contribution in [0.1, 0.15) is 48.5 Å². The zero-order valence-electron chi connectivity index (χ0n) is 20.0. The maximum absolute atomic E-state index is 12.2. The Morgan fingerprint density at radius 3 is 2.85 bits per heavy atom. The molecule has 1 saturated heterocycles. The lowest BCUT2D eigenvalue weighted by molar-refractivity contribution is 0.100. The SMILES string of the molecule is CCc1ccccc1Nc1c(C(N)=O)cnc2cc(OCCCC3CCCNC3)c(OC)cc12. The number of primary amides is 1. The molecule has 1 aromatic heterocycles. The highest BCUT2D eigenvalue weighted by Gasteiger charge is 2.18. The van der Waals surface area contributed by atoms with Crippen molar-refractivity contribution in [2.24, 2.45) is 11.7 Å². The third-order valence-corrected chi connectivity index (χ3v) is 6.49. The Bertz CT molecular complexity index is 1140. The minimum Gasteiger partial charge on any atom is -0.493 e. The number of hydrogen-bond donors (Lipinski definition) is 3. The van der Waals surface area contributed by atoms with Gasteiger partial charge in [0.05, 0.1) is 30.5 Å². The van der Waals surface area contributed by atoms with E-state index in [0.29, 0.717) is 34.9 Å². The van der Waals surface area contributed by atoms with E-state index in [1.807, 2.05) is 30.3 Å². The van der Waals surface area contributed by atoms with Gasteiger partial charge in [-0.3, -0.25) is 9.78 Å². The summed E-state index contributed by atoms with van der Waals surface area (Å²) < 4.78 is 11.7. The third-order valence-electron chi connectivity index (χ3n) is 6.49. The summed E-state index contributed by atoms with van der Waals surface area (Å²) in [6.07, 6.45) is 7.05. The normalized spacial score (nSPS) is 15.8. The van der Waals surface area contributed by atoms with Gasteiger partial charge in [-0.1, -0.05) is 25.1 Å². The number of aryl methyl sites for hydroxylation is 1. The highest BCUT2D eigenvalue weighted by Crippen LogP contribution is 2.38. The van der Waals surface area contributed by atoms with E-state index >= 15 is 0 Å². The van der Waals surface area contributed by atoms with Gasteiger partial charge < -0.3 is 25.8 Å². The average Bonchev–Trinajstić information content (AvgIpc) is 2.87. The van der Waals surface area contributed by atoms with E-state index in [0.717, 1.165) is 54.9 Å². The summed E-state index contributed by atoms with van der Waals surface area (Å²) in [4.78, 5) is 16.7. The molecule has 2 aromatic carbocycles. The first-order valence-corrected chi connectivity index (χ1v) is 12.1. The Labute approximate surface area is 201 Å². The molecule has 1 unspecified atom stereocenters. The first kappa shape index (κ1) is 23.8. The molecule has 7 nitrogen and oxygen atoms in total. The van der Waals surface area contributed by atoms with Crippen LogP contribution >= 0.6 is 0 Å². The Kier molecular flexibility index (Phi) is 7.85. The monoisotopic (exact) mass is 462 g/mol. The number of para-hydroxylation sites is 1. The molecule has 3 aromatic rings. The van der Waals surface area contributed by atoms with E-state index in [1.54, 1.807) is 7.11 Å². The summed E-state index contributed by atoms with van der Waals surface area (Å²) in [5, 5.41) is 7.65. The van der Waals surface area contributed by atoms with E-state index in [1.165, 1.54) is 19.0 Å². The number of methoxy groups -OCH3 is 1. The van der Waals surface area contributed by atoms with E-state index in [2.05, 4.69) is 28.6 Å². The van der Waals surface area contributed by atoms with Crippen molar-refractivity contribution in [3.63, 3.8) is 0 Å². The number of carbonyl (C=O) groups is 1. The van der Waals surface area contributed by atoms with Crippen molar-refractivity contribution in [2.75, 3.05) is 32.1 Å². The topological polar surface area (TPSA) is 98.5 Å². The molecule has 1 fully saturated rings. The van der Waals surface area contributed by atoms with Gasteiger partial charge in [0.2, 0.25) is 0 Å². The second kappa shape index (κ2) is 11.2. The molecular weight excluding hydrogens is 428 g/mol. The van der Waals surface area contributed by atoms with Gasteiger partial charge in [-0.25, -0.2) is 0 Å². The number of nitrogens with zero attached hydrogens (tertiary/aromatic N) is 1. The van der Waals surface area contributed by atoms with Crippen molar-refractivity contribution in [2.45, 2.75) is 39.0 Å². The van der Waals surface area contributed by atoms with Gasteiger partial charge in [0.25, 0.3) is 5.91 Å².